The number of carbonyl (C=O) groups is 2. The highest BCUT2D eigenvalue weighted by Gasteiger charge is 2.50. The van der Waals surface area contributed by atoms with Crippen molar-refractivity contribution in [3.63, 3.8) is 0 Å². The van der Waals surface area contributed by atoms with Crippen LogP contribution < -0.4 is 5.32 Å². The van der Waals surface area contributed by atoms with E-state index in [-0.39, 0.29) is 18.4 Å². The van der Waals surface area contributed by atoms with Crippen LogP contribution >= 0.6 is 0 Å². The lowest BCUT2D eigenvalue weighted by atomic mass is 9.49. The number of hydrogen-bond donors (Lipinski definition) is 1. The molecule has 4 bridgehead atoms. The van der Waals surface area contributed by atoms with Crippen LogP contribution in [0.5, 0.6) is 0 Å². The number of likely N-dealkylation sites (tertiary alicyclic amines) is 1. The molecule has 4 heteroatoms. The summed E-state index contributed by atoms with van der Waals surface area (Å²) < 4.78 is 0. The van der Waals surface area contributed by atoms with Crippen LogP contribution in [-0.2, 0) is 9.59 Å². The molecule has 23 heavy (non-hydrogen) atoms. The molecule has 1 saturated heterocycles. The Labute approximate surface area is 139 Å². The number of nitrogens with one attached hydrogen (secondary N) is 1. The fourth-order valence-corrected chi connectivity index (χ4v) is 6.23. The van der Waals surface area contributed by atoms with Gasteiger partial charge in [-0.1, -0.05) is 6.42 Å². The summed E-state index contributed by atoms with van der Waals surface area (Å²) in [6.45, 7) is 1.87. The average Bonchev–Trinajstić information content (AvgIpc) is 2.69. The van der Waals surface area contributed by atoms with Crippen molar-refractivity contribution >= 4 is 11.8 Å². The molecule has 0 aromatic heterocycles. The summed E-state index contributed by atoms with van der Waals surface area (Å²) in [5, 5.41) is 3.20. The van der Waals surface area contributed by atoms with Crippen molar-refractivity contribution in [3.05, 3.63) is 0 Å². The first kappa shape index (κ1) is 15.5. The Morgan fingerprint density at radius 3 is 2.35 bits per heavy atom. The van der Waals surface area contributed by atoms with E-state index in [0.29, 0.717) is 11.8 Å². The standard InChI is InChI=1S/C19H30N2O2/c22-17(12-21-5-3-1-2-4-18(21)23)20-13-19-9-14-6-15(10-19)8-16(7-14)11-19/h14-16H,1-13H2,(H,20,22). The van der Waals surface area contributed by atoms with Crippen LogP contribution in [0.1, 0.15) is 64.2 Å². The van der Waals surface area contributed by atoms with E-state index < -0.39 is 0 Å². The third-order valence-electron chi connectivity index (χ3n) is 6.83. The van der Waals surface area contributed by atoms with E-state index in [1.165, 1.54) is 38.5 Å². The SMILES string of the molecule is O=C(CN1CCCCCC1=O)NCC12CC3CC(CC(C3)C1)C2. The Morgan fingerprint density at radius 2 is 1.70 bits per heavy atom. The number of hydrogen-bond acceptors (Lipinski definition) is 2. The second-order valence-corrected chi connectivity index (χ2v) is 8.82. The van der Waals surface area contributed by atoms with E-state index in [1.54, 1.807) is 4.90 Å². The molecule has 128 valence electrons. The summed E-state index contributed by atoms with van der Waals surface area (Å²) in [5.74, 6) is 2.98. The zero-order valence-electron chi connectivity index (χ0n) is 14.2. The van der Waals surface area contributed by atoms with Gasteiger partial charge in [-0.3, -0.25) is 9.59 Å². The van der Waals surface area contributed by atoms with E-state index in [9.17, 15) is 9.59 Å². The van der Waals surface area contributed by atoms with Crippen LogP contribution in [0, 0.1) is 23.2 Å². The molecule has 0 unspecified atom stereocenters. The van der Waals surface area contributed by atoms with Gasteiger partial charge in [-0.25, -0.2) is 0 Å². The molecule has 4 nitrogen and oxygen atoms in total. The average molecular weight is 318 g/mol. The Hall–Kier alpha value is -1.06. The molecule has 1 aliphatic heterocycles. The first-order valence-electron chi connectivity index (χ1n) is 9.66. The van der Waals surface area contributed by atoms with Crippen molar-refractivity contribution in [2.45, 2.75) is 64.2 Å². The fraction of sp³-hybridized carbons (Fsp3) is 0.895. The van der Waals surface area contributed by atoms with Crippen molar-refractivity contribution in [1.29, 1.82) is 0 Å². The molecular formula is C19H30N2O2. The first-order valence-corrected chi connectivity index (χ1v) is 9.66. The monoisotopic (exact) mass is 318 g/mol. The molecular weight excluding hydrogens is 288 g/mol. The molecule has 1 N–H and O–H groups in total. The van der Waals surface area contributed by atoms with Crippen LogP contribution in [0.2, 0.25) is 0 Å². The van der Waals surface area contributed by atoms with E-state index in [1.807, 2.05) is 0 Å². The van der Waals surface area contributed by atoms with Crippen LogP contribution in [0.4, 0.5) is 0 Å². The maximum absolute atomic E-state index is 12.4. The van der Waals surface area contributed by atoms with Crippen molar-refractivity contribution in [3.8, 4) is 0 Å². The van der Waals surface area contributed by atoms with E-state index in [2.05, 4.69) is 5.32 Å². The highest BCUT2D eigenvalue weighted by molar-refractivity contribution is 5.84. The Bertz CT molecular complexity index is 452. The van der Waals surface area contributed by atoms with Gasteiger partial charge in [-0.05, 0) is 74.5 Å². The normalized spacial score (nSPS) is 39.4. The predicted molar refractivity (Wildman–Crippen MR) is 88.7 cm³/mol. The third kappa shape index (κ3) is 3.27. The maximum atomic E-state index is 12.4. The quantitative estimate of drug-likeness (QED) is 0.866. The van der Waals surface area contributed by atoms with E-state index in [0.717, 1.165) is 50.1 Å². The van der Waals surface area contributed by atoms with Crippen LogP contribution in [0.15, 0.2) is 0 Å². The summed E-state index contributed by atoms with van der Waals surface area (Å²) in [5.41, 5.74) is 0.382. The zero-order valence-corrected chi connectivity index (χ0v) is 14.2. The summed E-state index contributed by atoms with van der Waals surface area (Å²) in [6, 6.07) is 0. The lowest BCUT2D eigenvalue weighted by Crippen LogP contribution is -2.52. The van der Waals surface area contributed by atoms with Gasteiger partial charge in [0.2, 0.25) is 11.8 Å². The Kier molecular flexibility index (Phi) is 4.10. The lowest BCUT2D eigenvalue weighted by molar-refractivity contribution is -0.136. The highest BCUT2D eigenvalue weighted by atomic mass is 16.2. The molecule has 5 rings (SSSR count). The van der Waals surface area contributed by atoms with Gasteiger partial charge in [-0.15, -0.1) is 0 Å². The lowest BCUT2D eigenvalue weighted by Gasteiger charge is -2.56. The van der Waals surface area contributed by atoms with Gasteiger partial charge in [0.25, 0.3) is 0 Å². The van der Waals surface area contributed by atoms with Crippen LogP contribution in [0.25, 0.3) is 0 Å². The highest BCUT2D eigenvalue weighted by Crippen LogP contribution is 2.59. The summed E-state index contributed by atoms with van der Waals surface area (Å²) in [7, 11) is 0. The minimum Gasteiger partial charge on any atom is -0.354 e. The second kappa shape index (κ2) is 6.10. The Balaban J connectivity index is 1.30. The minimum absolute atomic E-state index is 0.0518. The summed E-state index contributed by atoms with van der Waals surface area (Å²) >= 11 is 0. The van der Waals surface area contributed by atoms with Gasteiger partial charge in [0.15, 0.2) is 0 Å². The van der Waals surface area contributed by atoms with E-state index >= 15 is 0 Å². The molecule has 5 fully saturated rings. The van der Waals surface area contributed by atoms with Gasteiger partial charge >= 0.3 is 0 Å². The van der Waals surface area contributed by atoms with Crippen molar-refractivity contribution in [2.24, 2.45) is 23.2 Å². The minimum atomic E-state index is 0.0518. The summed E-state index contributed by atoms with van der Waals surface area (Å²) in [4.78, 5) is 26.1. The van der Waals surface area contributed by atoms with Gasteiger partial charge in [0.1, 0.15) is 0 Å². The largest absolute Gasteiger partial charge is 0.354 e. The first-order chi connectivity index (χ1) is 11.1. The maximum Gasteiger partial charge on any atom is 0.239 e. The topological polar surface area (TPSA) is 49.4 Å². The van der Waals surface area contributed by atoms with Crippen LogP contribution in [0.3, 0.4) is 0 Å². The molecule has 0 atom stereocenters. The number of amides is 2. The van der Waals surface area contributed by atoms with Crippen molar-refractivity contribution in [2.75, 3.05) is 19.6 Å². The second-order valence-electron chi connectivity index (χ2n) is 8.82. The molecule has 0 radical (unpaired) electrons. The smallest absolute Gasteiger partial charge is 0.239 e. The fourth-order valence-electron chi connectivity index (χ4n) is 6.23. The van der Waals surface area contributed by atoms with Gasteiger partial charge in [-0.2, -0.15) is 0 Å². The predicted octanol–water partition coefficient (Wildman–Crippen LogP) is 2.72. The zero-order chi connectivity index (χ0) is 15.9. The Morgan fingerprint density at radius 1 is 1.04 bits per heavy atom. The molecule has 0 aromatic rings. The number of carbonyl (C=O) groups excluding carboxylic acids is 2. The number of nitrogens with zero attached hydrogens (tertiary/aromatic N) is 1. The van der Waals surface area contributed by atoms with Gasteiger partial charge < -0.3 is 10.2 Å². The van der Waals surface area contributed by atoms with E-state index in [4.69, 9.17) is 0 Å². The molecule has 4 aliphatic carbocycles. The molecule has 0 spiro atoms. The molecule has 5 aliphatic rings. The molecule has 1 heterocycles. The molecule has 2 amide bonds. The van der Waals surface area contributed by atoms with Crippen LogP contribution in [-0.4, -0.2) is 36.3 Å². The molecule has 4 saturated carbocycles. The van der Waals surface area contributed by atoms with Crippen molar-refractivity contribution < 1.29 is 9.59 Å². The summed E-state index contributed by atoms with van der Waals surface area (Å²) in [6.07, 6.45) is 12.0. The van der Waals surface area contributed by atoms with Gasteiger partial charge in [0.05, 0.1) is 6.54 Å². The third-order valence-corrected chi connectivity index (χ3v) is 6.83. The van der Waals surface area contributed by atoms with Crippen molar-refractivity contribution in [1.82, 2.24) is 10.2 Å². The van der Waals surface area contributed by atoms with Gasteiger partial charge in [0, 0.05) is 19.5 Å². The number of rotatable bonds is 4. The molecule has 0 aromatic carbocycles.